The van der Waals surface area contributed by atoms with Crippen molar-refractivity contribution in [2.24, 2.45) is 0 Å². The zero-order valence-electron chi connectivity index (χ0n) is 21.1. The van der Waals surface area contributed by atoms with Crippen LogP contribution in [0.1, 0.15) is 31.1 Å². The Morgan fingerprint density at radius 3 is 2.16 bits per heavy atom. The second-order valence-electron chi connectivity index (χ2n) is 9.37. The van der Waals surface area contributed by atoms with Gasteiger partial charge in [0.15, 0.2) is 6.61 Å². The Morgan fingerprint density at radius 1 is 0.868 bits per heavy atom. The number of fused-ring (bicyclic) bond motifs is 3. The molecule has 0 spiro atoms. The van der Waals surface area contributed by atoms with E-state index >= 15 is 0 Å². The third kappa shape index (κ3) is 5.15. The molecule has 6 nitrogen and oxygen atoms in total. The van der Waals surface area contributed by atoms with Crippen molar-refractivity contribution in [1.29, 1.82) is 0 Å². The largest absolute Gasteiger partial charge is 0.484 e. The highest BCUT2D eigenvalue weighted by atomic mass is 35.5. The van der Waals surface area contributed by atoms with Crippen molar-refractivity contribution < 1.29 is 14.3 Å². The van der Waals surface area contributed by atoms with E-state index in [4.69, 9.17) is 27.9 Å². The summed E-state index contributed by atoms with van der Waals surface area (Å²) in [6.45, 7) is 3.49. The first-order valence-corrected chi connectivity index (χ1v) is 13.1. The van der Waals surface area contributed by atoms with Crippen LogP contribution in [-0.4, -0.2) is 40.5 Å². The number of carbonyl (C=O) groups is 2. The average molecular weight is 548 g/mol. The minimum Gasteiger partial charge on any atom is -0.484 e. The highest BCUT2D eigenvalue weighted by Crippen LogP contribution is 2.42. The Balaban J connectivity index is 1.45. The van der Waals surface area contributed by atoms with Crippen LogP contribution in [-0.2, 0) is 9.59 Å². The van der Waals surface area contributed by atoms with Gasteiger partial charge in [-0.3, -0.25) is 14.5 Å². The second kappa shape index (κ2) is 10.9. The lowest BCUT2D eigenvalue weighted by Crippen LogP contribution is -2.49. The normalized spacial score (nSPS) is 14.1. The number of para-hydroxylation sites is 2. The number of amides is 2. The molecule has 1 atom stereocenters. The summed E-state index contributed by atoms with van der Waals surface area (Å²) in [5, 5.41) is 1.21. The van der Waals surface area contributed by atoms with E-state index in [1.54, 1.807) is 34.1 Å². The lowest BCUT2D eigenvalue weighted by Gasteiger charge is -2.40. The van der Waals surface area contributed by atoms with Crippen LogP contribution in [0.4, 0.5) is 5.69 Å². The maximum absolute atomic E-state index is 14.1. The van der Waals surface area contributed by atoms with Gasteiger partial charge >= 0.3 is 0 Å². The molecule has 194 valence electrons. The van der Waals surface area contributed by atoms with Crippen LogP contribution < -0.4 is 9.64 Å². The first-order chi connectivity index (χ1) is 18.3. The predicted molar refractivity (Wildman–Crippen MR) is 150 cm³/mol. The smallest absolute Gasteiger partial charge is 0.261 e. The summed E-state index contributed by atoms with van der Waals surface area (Å²) in [6.07, 6.45) is 2.00. The fourth-order valence-corrected chi connectivity index (χ4v) is 5.01. The van der Waals surface area contributed by atoms with Gasteiger partial charge in [0.05, 0.1) is 17.1 Å². The Hall–Kier alpha value is -3.74. The van der Waals surface area contributed by atoms with Crippen molar-refractivity contribution in [2.75, 3.05) is 18.1 Å². The number of hydrogen-bond acceptors (Lipinski definition) is 3. The molecule has 4 aromatic rings. The Morgan fingerprint density at radius 2 is 1.50 bits per heavy atom. The van der Waals surface area contributed by atoms with E-state index in [2.05, 4.69) is 4.57 Å². The van der Waals surface area contributed by atoms with Crippen LogP contribution in [0.15, 0.2) is 91.1 Å². The summed E-state index contributed by atoms with van der Waals surface area (Å²) in [6, 6.07) is 25.5. The lowest BCUT2D eigenvalue weighted by molar-refractivity contribution is -0.138. The summed E-state index contributed by atoms with van der Waals surface area (Å²) >= 11 is 12.1. The topological polar surface area (TPSA) is 54.8 Å². The summed E-state index contributed by atoms with van der Waals surface area (Å²) in [5.41, 5.74) is 3.55. The Bertz CT molecular complexity index is 1450. The highest BCUT2D eigenvalue weighted by molar-refractivity contribution is 6.30. The first kappa shape index (κ1) is 25.9. The van der Waals surface area contributed by atoms with Gasteiger partial charge in [-0.1, -0.05) is 47.5 Å². The minimum absolute atomic E-state index is 0.0976. The molecule has 1 aliphatic heterocycles. The Labute approximate surface area is 231 Å². The molecule has 1 aromatic heterocycles. The van der Waals surface area contributed by atoms with Gasteiger partial charge in [-0.05, 0) is 80.1 Å². The van der Waals surface area contributed by atoms with Gasteiger partial charge in [-0.2, -0.15) is 0 Å². The molecule has 2 heterocycles. The molecule has 0 saturated heterocycles. The molecule has 3 aromatic carbocycles. The summed E-state index contributed by atoms with van der Waals surface area (Å²) in [7, 11) is 0. The van der Waals surface area contributed by atoms with Crippen molar-refractivity contribution in [2.45, 2.75) is 25.9 Å². The van der Waals surface area contributed by atoms with Crippen molar-refractivity contribution in [3.63, 3.8) is 0 Å². The molecule has 0 saturated carbocycles. The van der Waals surface area contributed by atoms with Crippen LogP contribution >= 0.6 is 23.2 Å². The van der Waals surface area contributed by atoms with Crippen molar-refractivity contribution in [3.8, 4) is 11.4 Å². The predicted octanol–water partition coefficient (Wildman–Crippen LogP) is 6.54. The lowest BCUT2D eigenvalue weighted by atomic mass is 9.97. The first-order valence-electron chi connectivity index (χ1n) is 12.4. The van der Waals surface area contributed by atoms with E-state index in [-0.39, 0.29) is 37.0 Å². The quantitative estimate of drug-likeness (QED) is 0.264. The standard InChI is InChI=1S/C30H27Cl2N3O3/c1-20(2)34(29(37)19-38-24-15-13-23(32)14-16-24)18-28(36)35-26-7-4-3-6-25(26)33-17-5-8-27(33)30(35)21-9-11-22(31)12-10-21/h3-17,20,30H,18-19H2,1-2H3. The molecule has 0 aliphatic carbocycles. The van der Waals surface area contributed by atoms with Crippen LogP contribution in [0.5, 0.6) is 5.75 Å². The average Bonchev–Trinajstić information content (AvgIpc) is 3.41. The van der Waals surface area contributed by atoms with Gasteiger partial charge < -0.3 is 14.2 Å². The van der Waals surface area contributed by atoms with Gasteiger partial charge in [0.2, 0.25) is 5.91 Å². The van der Waals surface area contributed by atoms with Crippen LogP contribution in [0.25, 0.3) is 5.69 Å². The number of hydrogen-bond donors (Lipinski definition) is 0. The fourth-order valence-electron chi connectivity index (χ4n) is 4.76. The van der Waals surface area contributed by atoms with E-state index in [0.717, 1.165) is 22.6 Å². The summed E-state index contributed by atoms with van der Waals surface area (Å²) in [4.78, 5) is 30.7. The molecular weight excluding hydrogens is 521 g/mol. The number of rotatable bonds is 7. The fraction of sp³-hybridized carbons (Fsp3) is 0.200. The number of aromatic nitrogens is 1. The molecule has 5 rings (SSSR count). The third-order valence-corrected chi connectivity index (χ3v) is 7.10. The molecule has 38 heavy (non-hydrogen) atoms. The van der Waals surface area contributed by atoms with Crippen LogP contribution in [0.2, 0.25) is 10.0 Å². The van der Waals surface area contributed by atoms with E-state index in [0.29, 0.717) is 15.8 Å². The molecule has 0 fully saturated rings. The number of carbonyl (C=O) groups excluding carboxylic acids is 2. The highest BCUT2D eigenvalue weighted by Gasteiger charge is 2.37. The molecule has 2 amide bonds. The molecule has 0 bridgehead atoms. The van der Waals surface area contributed by atoms with Crippen molar-refractivity contribution in [1.82, 2.24) is 9.47 Å². The summed E-state index contributed by atoms with van der Waals surface area (Å²) in [5.74, 6) is 0.0599. The number of ether oxygens (including phenoxy) is 1. The van der Waals surface area contributed by atoms with Crippen molar-refractivity contribution >= 4 is 40.7 Å². The van der Waals surface area contributed by atoms with Crippen LogP contribution in [0, 0.1) is 0 Å². The monoisotopic (exact) mass is 547 g/mol. The molecule has 0 N–H and O–H groups in total. The number of nitrogens with zero attached hydrogens (tertiary/aromatic N) is 3. The van der Waals surface area contributed by atoms with E-state index in [9.17, 15) is 9.59 Å². The van der Waals surface area contributed by atoms with Gasteiger partial charge in [-0.15, -0.1) is 0 Å². The number of anilines is 1. The minimum atomic E-state index is -0.390. The van der Waals surface area contributed by atoms with E-state index in [1.807, 2.05) is 80.7 Å². The zero-order valence-corrected chi connectivity index (χ0v) is 22.6. The molecule has 0 radical (unpaired) electrons. The van der Waals surface area contributed by atoms with Gasteiger partial charge in [0.1, 0.15) is 18.3 Å². The SMILES string of the molecule is CC(C)N(CC(=O)N1c2ccccc2-n2cccc2C1c1ccc(Cl)cc1)C(=O)COc1ccc(Cl)cc1. The summed E-state index contributed by atoms with van der Waals surface area (Å²) < 4.78 is 7.79. The molecule has 8 heteroatoms. The number of halogens is 2. The maximum atomic E-state index is 14.1. The van der Waals surface area contributed by atoms with Gasteiger partial charge in [0, 0.05) is 22.3 Å². The third-order valence-electron chi connectivity index (χ3n) is 6.60. The molecule has 1 unspecified atom stereocenters. The van der Waals surface area contributed by atoms with E-state index < -0.39 is 0 Å². The second-order valence-corrected chi connectivity index (χ2v) is 10.2. The number of benzene rings is 3. The maximum Gasteiger partial charge on any atom is 0.261 e. The van der Waals surface area contributed by atoms with Crippen molar-refractivity contribution in [3.05, 3.63) is 112 Å². The molecular formula is C30H27Cl2N3O3. The van der Waals surface area contributed by atoms with Gasteiger partial charge in [-0.25, -0.2) is 0 Å². The Kier molecular flexibility index (Phi) is 7.45. The molecule has 1 aliphatic rings. The van der Waals surface area contributed by atoms with Gasteiger partial charge in [0.25, 0.3) is 5.91 Å². The van der Waals surface area contributed by atoms with E-state index in [1.165, 1.54) is 0 Å². The zero-order chi connectivity index (χ0) is 26.8. The van der Waals surface area contributed by atoms with Crippen LogP contribution in [0.3, 0.4) is 0 Å².